The molecule has 0 spiro atoms. The zero-order chi connectivity index (χ0) is 60.5. The van der Waals surface area contributed by atoms with Gasteiger partial charge in [-0.05, 0) is 108 Å². The standard InChI is InChI=1S/C40H50N4O2.C32H34N4O2/c1-8-11-12-13-14-15-24-46-36-21-20-34(37(45)35(36)27-44(22-9-2)23-10-3)40-42-38(32-18-16-28(4)25-30(32)6)41-39(43-40)33-19-17-29(5)26-31(33)7;1-7-15-36(16-8-2)19-27-28(37)14-13-26(29(27)38)32-34-30(24-11-9-20(3)17-22(24)5)33-31(35-32)25-12-10-21(4)18-23(25)6/h9-10,16-21,25-26,45H,2-3,8,11-15,22-24,27H2,1,4-7H3;7-14,17-18,37-38H,1-2,15-16,19H2,3-6H3. The van der Waals surface area contributed by atoms with Crippen molar-refractivity contribution in [2.75, 3.05) is 32.8 Å². The molecule has 0 radical (unpaired) electrons. The van der Waals surface area contributed by atoms with Gasteiger partial charge in [-0.3, -0.25) is 9.80 Å². The van der Waals surface area contributed by atoms with Crippen LogP contribution in [0.2, 0.25) is 0 Å². The quantitative estimate of drug-likeness (QED) is 0.0349. The summed E-state index contributed by atoms with van der Waals surface area (Å²) in [6.45, 7) is 38.0. The SMILES string of the molecule is C=CCN(CC=C)Cc1c(O)ccc(-c2nc(-c3ccc(C)cc3C)nc(-c3ccc(C)cc3C)n2)c1O.C=CCN(CC=C)Cc1c(OCCCCCCCC)ccc(-c2nc(-c3ccc(C)cc3C)nc(-c3ccc(C)cc3C)n2)c1O. The van der Waals surface area contributed by atoms with E-state index in [1.165, 1.54) is 36.8 Å². The first-order chi connectivity index (χ1) is 40.5. The van der Waals surface area contributed by atoms with Crippen LogP contribution in [0.5, 0.6) is 23.0 Å². The highest BCUT2D eigenvalue weighted by molar-refractivity contribution is 5.76. The van der Waals surface area contributed by atoms with E-state index >= 15 is 0 Å². The fourth-order valence-corrected chi connectivity index (χ4v) is 10.4. The molecule has 12 heteroatoms. The van der Waals surface area contributed by atoms with Crippen LogP contribution in [0.15, 0.2) is 148 Å². The number of ether oxygens (including phenoxy) is 1. The zero-order valence-electron chi connectivity index (χ0n) is 50.9. The summed E-state index contributed by atoms with van der Waals surface area (Å²) in [5.41, 5.74) is 14.6. The molecule has 6 aromatic carbocycles. The number of nitrogens with zero attached hydrogens (tertiary/aromatic N) is 8. The largest absolute Gasteiger partial charge is 0.507 e. The van der Waals surface area contributed by atoms with Gasteiger partial charge in [-0.25, -0.2) is 29.9 Å². The molecule has 0 bridgehead atoms. The second kappa shape index (κ2) is 30.1. The van der Waals surface area contributed by atoms with Crippen LogP contribution in [0, 0.1) is 55.4 Å². The molecule has 8 rings (SSSR count). The first-order valence-electron chi connectivity index (χ1n) is 29.2. The molecule has 0 atom stereocenters. The lowest BCUT2D eigenvalue weighted by molar-refractivity contribution is 0.280. The molecule has 436 valence electrons. The minimum Gasteiger partial charge on any atom is -0.507 e. The molecule has 0 fully saturated rings. The van der Waals surface area contributed by atoms with E-state index < -0.39 is 0 Å². The second-order valence-electron chi connectivity index (χ2n) is 21.9. The molecule has 0 saturated carbocycles. The van der Waals surface area contributed by atoms with Crippen LogP contribution in [-0.4, -0.2) is 87.8 Å². The van der Waals surface area contributed by atoms with Gasteiger partial charge in [0.25, 0.3) is 0 Å². The smallest absolute Gasteiger partial charge is 0.167 e. The number of benzene rings is 6. The van der Waals surface area contributed by atoms with Crippen molar-refractivity contribution in [1.82, 2.24) is 39.7 Å². The number of hydrogen-bond acceptors (Lipinski definition) is 12. The summed E-state index contributed by atoms with van der Waals surface area (Å²) in [7, 11) is 0. The van der Waals surface area contributed by atoms with Crippen LogP contribution in [0.3, 0.4) is 0 Å². The Morgan fingerprint density at radius 3 is 1.06 bits per heavy atom. The number of phenols is 3. The average molecular weight is 1130 g/mol. The molecule has 0 amide bonds. The molecule has 0 aliphatic rings. The summed E-state index contributed by atoms with van der Waals surface area (Å²) in [6.07, 6.45) is 14.4. The molecule has 3 N–H and O–H groups in total. The van der Waals surface area contributed by atoms with Gasteiger partial charge >= 0.3 is 0 Å². The monoisotopic (exact) mass is 1120 g/mol. The summed E-state index contributed by atoms with van der Waals surface area (Å²) in [5.74, 6) is 3.67. The topological polar surface area (TPSA) is 154 Å². The van der Waals surface area contributed by atoms with Gasteiger partial charge < -0.3 is 20.1 Å². The van der Waals surface area contributed by atoms with Gasteiger partial charge in [0.1, 0.15) is 23.0 Å². The zero-order valence-corrected chi connectivity index (χ0v) is 50.9. The van der Waals surface area contributed by atoms with Gasteiger partial charge in [0.05, 0.1) is 28.9 Å². The van der Waals surface area contributed by atoms with Crippen LogP contribution in [0.4, 0.5) is 0 Å². The number of unbranched alkanes of at least 4 members (excludes halogenated alkanes) is 5. The lowest BCUT2D eigenvalue weighted by atomic mass is 10.0. The number of aryl methyl sites for hydroxylation is 8. The molecule has 12 nitrogen and oxygen atoms in total. The Morgan fingerprint density at radius 1 is 0.393 bits per heavy atom. The van der Waals surface area contributed by atoms with Crippen LogP contribution in [0.25, 0.3) is 68.3 Å². The Morgan fingerprint density at radius 2 is 0.702 bits per heavy atom. The lowest BCUT2D eigenvalue weighted by Gasteiger charge is -2.22. The fourth-order valence-electron chi connectivity index (χ4n) is 10.4. The highest BCUT2D eigenvalue weighted by Crippen LogP contribution is 2.41. The lowest BCUT2D eigenvalue weighted by Crippen LogP contribution is -2.24. The van der Waals surface area contributed by atoms with Crippen molar-refractivity contribution < 1.29 is 20.1 Å². The molecular weight excluding hydrogens is 1040 g/mol. The highest BCUT2D eigenvalue weighted by Gasteiger charge is 2.24. The maximum atomic E-state index is 12.0. The normalized spacial score (nSPS) is 11.1. The fraction of sp³-hybridized carbons (Fsp3) is 0.306. The number of aromatic hydroxyl groups is 3. The number of phenolic OH excluding ortho intramolecular Hbond substituents is 3. The predicted octanol–water partition coefficient (Wildman–Crippen LogP) is 16.4. The van der Waals surface area contributed by atoms with Crippen molar-refractivity contribution in [3.63, 3.8) is 0 Å². The molecule has 8 aromatic rings. The van der Waals surface area contributed by atoms with E-state index in [0.717, 1.165) is 68.5 Å². The first-order valence-corrected chi connectivity index (χ1v) is 29.2. The van der Waals surface area contributed by atoms with E-state index in [1.807, 2.05) is 67.3 Å². The summed E-state index contributed by atoms with van der Waals surface area (Å²) in [4.78, 5) is 33.5. The van der Waals surface area contributed by atoms with Crippen molar-refractivity contribution >= 4 is 0 Å². The summed E-state index contributed by atoms with van der Waals surface area (Å²) >= 11 is 0. The Bertz CT molecular complexity index is 3470. The summed E-state index contributed by atoms with van der Waals surface area (Å²) < 4.78 is 6.32. The van der Waals surface area contributed by atoms with Crippen molar-refractivity contribution in [1.29, 1.82) is 0 Å². The molecule has 0 aliphatic heterocycles. The van der Waals surface area contributed by atoms with Gasteiger partial charge in [-0.15, -0.1) is 26.3 Å². The van der Waals surface area contributed by atoms with Crippen LogP contribution in [-0.2, 0) is 13.1 Å². The third-order valence-corrected chi connectivity index (χ3v) is 14.8. The van der Waals surface area contributed by atoms with E-state index in [-0.39, 0.29) is 17.2 Å². The van der Waals surface area contributed by atoms with E-state index in [2.05, 4.69) is 128 Å². The third-order valence-electron chi connectivity index (χ3n) is 14.8. The van der Waals surface area contributed by atoms with Gasteiger partial charge in [0.2, 0.25) is 0 Å². The molecular formula is C72H84N8O4. The highest BCUT2D eigenvalue weighted by atomic mass is 16.5. The number of aromatic nitrogens is 6. The van der Waals surface area contributed by atoms with Crippen LogP contribution >= 0.6 is 0 Å². The van der Waals surface area contributed by atoms with Gasteiger partial charge in [-0.2, -0.15) is 0 Å². The van der Waals surface area contributed by atoms with Crippen molar-refractivity contribution in [2.24, 2.45) is 0 Å². The van der Waals surface area contributed by atoms with E-state index in [1.54, 1.807) is 24.3 Å². The number of hydrogen-bond donors (Lipinski definition) is 3. The van der Waals surface area contributed by atoms with Gasteiger partial charge in [0.15, 0.2) is 34.9 Å². The molecule has 0 aliphatic carbocycles. The Hall–Kier alpha value is -8.58. The molecule has 0 saturated heterocycles. The molecule has 2 aromatic heterocycles. The van der Waals surface area contributed by atoms with Gasteiger partial charge in [0, 0.05) is 61.5 Å². The molecule has 0 unspecified atom stereocenters. The Balaban J connectivity index is 0.000000245. The summed E-state index contributed by atoms with van der Waals surface area (Å²) in [5, 5.41) is 34.0. The van der Waals surface area contributed by atoms with Crippen molar-refractivity contribution in [3.05, 3.63) is 203 Å². The van der Waals surface area contributed by atoms with Crippen LogP contribution < -0.4 is 4.74 Å². The van der Waals surface area contributed by atoms with E-state index in [4.69, 9.17) is 34.6 Å². The number of rotatable bonds is 26. The van der Waals surface area contributed by atoms with Crippen molar-refractivity contribution in [2.45, 2.75) is 114 Å². The first kappa shape index (κ1) is 63.0. The van der Waals surface area contributed by atoms with E-state index in [9.17, 15) is 15.3 Å². The second-order valence-corrected chi connectivity index (χ2v) is 21.9. The van der Waals surface area contributed by atoms with Crippen molar-refractivity contribution in [3.8, 4) is 91.3 Å². The Labute approximate surface area is 498 Å². The third kappa shape index (κ3) is 16.1. The van der Waals surface area contributed by atoms with E-state index in [0.29, 0.717) is 109 Å². The Kier molecular flexibility index (Phi) is 22.6. The molecule has 2 heterocycles. The summed E-state index contributed by atoms with van der Waals surface area (Å²) in [6, 6.07) is 31.8. The van der Waals surface area contributed by atoms with Gasteiger partial charge in [-0.1, -0.05) is 158 Å². The predicted molar refractivity (Wildman–Crippen MR) is 345 cm³/mol. The maximum Gasteiger partial charge on any atom is 0.167 e. The maximum absolute atomic E-state index is 12.0. The minimum atomic E-state index is -0.0625. The minimum absolute atomic E-state index is 0.00244. The van der Waals surface area contributed by atoms with Crippen LogP contribution in [0.1, 0.15) is 101 Å². The molecule has 84 heavy (non-hydrogen) atoms. The average Bonchev–Trinajstić information content (AvgIpc) is 3.43.